The standard InChI is InChI=1S/C28H35BrN2O4/c1-6-9-31-18-11-27(2,3)13-20(32)25(18)24(26-19(31)12-28(4,5)14-21(26)33)17-10-16(29)7-8-22(17)35-15-23(30)34/h7-8,10,24H,6,9,11-15H2,1-5H3,(H2,30,34). The topological polar surface area (TPSA) is 89.7 Å². The molecule has 0 bridgehead atoms. The van der Waals surface area contributed by atoms with Crippen LogP contribution in [0.5, 0.6) is 5.75 Å². The Labute approximate surface area is 216 Å². The first-order valence-electron chi connectivity index (χ1n) is 12.3. The number of allylic oxidation sites excluding steroid dienone is 4. The number of ketones is 2. The summed E-state index contributed by atoms with van der Waals surface area (Å²) in [5.74, 6) is -0.488. The van der Waals surface area contributed by atoms with Crippen molar-refractivity contribution < 1.29 is 19.1 Å². The molecule has 1 amide bonds. The summed E-state index contributed by atoms with van der Waals surface area (Å²) >= 11 is 3.56. The lowest BCUT2D eigenvalue weighted by Gasteiger charge is -2.49. The number of carbonyl (C=O) groups is 3. The fourth-order valence-corrected chi connectivity index (χ4v) is 6.26. The Bertz CT molecular complexity index is 1110. The van der Waals surface area contributed by atoms with Crippen LogP contribution in [0, 0.1) is 10.8 Å². The molecule has 1 aromatic carbocycles. The van der Waals surface area contributed by atoms with Crippen molar-refractivity contribution in [2.75, 3.05) is 13.2 Å². The van der Waals surface area contributed by atoms with Gasteiger partial charge in [0, 0.05) is 57.9 Å². The molecule has 0 atom stereocenters. The van der Waals surface area contributed by atoms with Crippen molar-refractivity contribution in [3.63, 3.8) is 0 Å². The molecule has 7 heteroatoms. The minimum atomic E-state index is -0.581. The molecule has 4 rings (SSSR count). The van der Waals surface area contributed by atoms with Crippen LogP contribution in [0.2, 0.25) is 0 Å². The van der Waals surface area contributed by atoms with E-state index in [4.69, 9.17) is 10.5 Å². The Morgan fingerprint density at radius 2 is 1.57 bits per heavy atom. The number of primary amides is 1. The van der Waals surface area contributed by atoms with E-state index in [0.29, 0.717) is 29.7 Å². The summed E-state index contributed by atoms with van der Waals surface area (Å²) in [5, 5.41) is 0. The van der Waals surface area contributed by atoms with E-state index >= 15 is 0 Å². The van der Waals surface area contributed by atoms with Crippen LogP contribution in [-0.2, 0) is 14.4 Å². The van der Waals surface area contributed by atoms with Crippen LogP contribution in [0.4, 0.5) is 0 Å². The zero-order valence-electron chi connectivity index (χ0n) is 21.3. The zero-order chi connectivity index (χ0) is 25.7. The molecule has 0 saturated heterocycles. The lowest BCUT2D eigenvalue weighted by Crippen LogP contribution is -2.44. The van der Waals surface area contributed by atoms with E-state index in [-0.39, 0.29) is 29.0 Å². The van der Waals surface area contributed by atoms with Gasteiger partial charge >= 0.3 is 0 Å². The smallest absolute Gasteiger partial charge is 0.255 e. The number of amides is 1. The zero-order valence-corrected chi connectivity index (χ0v) is 22.9. The Morgan fingerprint density at radius 3 is 2.06 bits per heavy atom. The quantitative estimate of drug-likeness (QED) is 0.519. The van der Waals surface area contributed by atoms with Gasteiger partial charge in [-0.1, -0.05) is 50.5 Å². The van der Waals surface area contributed by atoms with Crippen molar-refractivity contribution in [3.8, 4) is 5.75 Å². The lowest BCUT2D eigenvalue weighted by atomic mass is 9.63. The van der Waals surface area contributed by atoms with Gasteiger partial charge in [-0.05, 0) is 48.3 Å². The van der Waals surface area contributed by atoms with Gasteiger partial charge in [-0.25, -0.2) is 0 Å². The number of Topliss-reactive ketones (excluding diaryl/α,β-unsaturated/α-hetero) is 2. The summed E-state index contributed by atoms with van der Waals surface area (Å²) in [7, 11) is 0. The van der Waals surface area contributed by atoms with Crippen LogP contribution >= 0.6 is 15.9 Å². The second kappa shape index (κ2) is 9.23. The van der Waals surface area contributed by atoms with Gasteiger partial charge in [0.15, 0.2) is 18.2 Å². The fraction of sp³-hybridized carbons (Fsp3) is 0.536. The monoisotopic (exact) mass is 542 g/mol. The number of nitrogens with zero attached hydrogens (tertiary/aromatic N) is 1. The largest absolute Gasteiger partial charge is 0.483 e. The number of halogens is 1. The molecule has 2 aliphatic carbocycles. The summed E-state index contributed by atoms with van der Waals surface area (Å²) < 4.78 is 6.63. The number of hydrogen-bond donors (Lipinski definition) is 1. The number of nitrogens with two attached hydrogens (primary N) is 1. The lowest BCUT2D eigenvalue weighted by molar-refractivity contribution is -0.121. The van der Waals surface area contributed by atoms with Gasteiger partial charge in [-0.15, -0.1) is 0 Å². The van der Waals surface area contributed by atoms with Crippen LogP contribution < -0.4 is 10.5 Å². The molecule has 0 aromatic heterocycles. The number of benzene rings is 1. The predicted molar refractivity (Wildman–Crippen MR) is 139 cm³/mol. The van der Waals surface area contributed by atoms with E-state index in [2.05, 4.69) is 55.4 Å². The maximum Gasteiger partial charge on any atom is 0.255 e. The summed E-state index contributed by atoms with van der Waals surface area (Å²) in [6.45, 7) is 11.1. The van der Waals surface area contributed by atoms with E-state index < -0.39 is 11.8 Å². The van der Waals surface area contributed by atoms with E-state index in [1.807, 2.05) is 12.1 Å². The Morgan fingerprint density at radius 1 is 1.03 bits per heavy atom. The van der Waals surface area contributed by atoms with E-state index in [0.717, 1.165) is 47.2 Å². The van der Waals surface area contributed by atoms with E-state index in [9.17, 15) is 14.4 Å². The van der Waals surface area contributed by atoms with Gasteiger partial charge < -0.3 is 15.4 Å². The molecule has 6 nitrogen and oxygen atoms in total. The van der Waals surface area contributed by atoms with Crippen LogP contribution in [0.15, 0.2) is 45.2 Å². The summed E-state index contributed by atoms with van der Waals surface area (Å²) in [6.07, 6.45) is 3.29. The minimum absolute atomic E-state index is 0.0763. The molecule has 1 aromatic rings. The third kappa shape index (κ3) is 4.97. The van der Waals surface area contributed by atoms with E-state index in [1.54, 1.807) is 6.07 Å². The van der Waals surface area contributed by atoms with Crippen molar-refractivity contribution >= 4 is 33.4 Å². The highest BCUT2D eigenvalue weighted by molar-refractivity contribution is 9.10. The Hall–Kier alpha value is -2.41. The molecule has 0 saturated carbocycles. The van der Waals surface area contributed by atoms with Gasteiger partial charge in [0.25, 0.3) is 5.91 Å². The van der Waals surface area contributed by atoms with Crippen LogP contribution in [0.1, 0.15) is 78.2 Å². The van der Waals surface area contributed by atoms with Crippen LogP contribution in [-0.4, -0.2) is 35.5 Å². The predicted octanol–water partition coefficient (Wildman–Crippen LogP) is 5.41. The summed E-state index contributed by atoms with van der Waals surface area (Å²) in [6, 6.07) is 5.51. The fourth-order valence-electron chi connectivity index (χ4n) is 5.88. The molecule has 1 aliphatic heterocycles. The van der Waals surface area contributed by atoms with E-state index in [1.165, 1.54) is 0 Å². The van der Waals surface area contributed by atoms with Crippen molar-refractivity contribution in [1.29, 1.82) is 0 Å². The van der Waals surface area contributed by atoms with Gasteiger partial charge in [0.2, 0.25) is 0 Å². The minimum Gasteiger partial charge on any atom is -0.483 e. The summed E-state index contributed by atoms with van der Waals surface area (Å²) in [4.78, 5) is 41.4. The van der Waals surface area contributed by atoms with Crippen LogP contribution in [0.3, 0.4) is 0 Å². The normalized spacial score (nSPS) is 21.7. The maximum absolute atomic E-state index is 13.8. The van der Waals surface area contributed by atoms with Crippen molar-refractivity contribution in [1.82, 2.24) is 4.90 Å². The molecule has 188 valence electrons. The second-order valence-electron chi connectivity index (χ2n) is 11.6. The third-order valence-corrected chi connectivity index (χ3v) is 7.62. The third-order valence-electron chi connectivity index (χ3n) is 7.12. The molecule has 35 heavy (non-hydrogen) atoms. The molecule has 2 N–H and O–H groups in total. The number of rotatable bonds is 6. The number of carbonyl (C=O) groups excluding carboxylic acids is 3. The Kier molecular flexibility index (Phi) is 6.77. The van der Waals surface area contributed by atoms with Gasteiger partial charge in [0.05, 0.1) is 0 Å². The second-order valence-corrected chi connectivity index (χ2v) is 12.5. The van der Waals surface area contributed by atoms with Gasteiger partial charge in [0.1, 0.15) is 5.75 Å². The highest BCUT2D eigenvalue weighted by Gasteiger charge is 2.49. The molecular weight excluding hydrogens is 508 g/mol. The summed E-state index contributed by atoms with van der Waals surface area (Å²) in [5.41, 5.74) is 9.21. The molecule has 0 radical (unpaired) electrons. The molecular formula is C28H35BrN2O4. The maximum atomic E-state index is 13.8. The molecule has 3 aliphatic rings. The first-order chi connectivity index (χ1) is 16.3. The first kappa shape index (κ1) is 25.7. The molecule has 0 unspecified atom stereocenters. The number of hydrogen-bond acceptors (Lipinski definition) is 5. The molecule has 0 spiro atoms. The first-order valence-corrected chi connectivity index (χ1v) is 13.1. The Balaban J connectivity index is 2.01. The van der Waals surface area contributed by atoms with Crippen molar-refractivity contribution in [2.24, 2.45) is 16.6 Å². The van der Waals surface area contributed by atoms with Crippen molar-refractivity contribution in [3.05, 3.63) is 50.8 Å². The average molecular weight is 544 g/mol. The van der Waals surface area contributed by atoms with Gasteiger partial charge in [-0.2, -0.15) is 0 Å². The SMILES string of the molecule is CCCN1C2=C(C(=O)CC(C)(C)C2)C(c2cc(Br)ccc2OCC(N)=O)C2=C1CC(C)(C)CC2=O. The molecule has 0 fully saturated rings. The molecule has 1 heterocycles. The average Bonchev–Trinajstić information content (AvgIpc) is 2.72. The number of ether oxygens (including phenoxy) is 1. The van der Waals surface area contributed by atoms with Crippen LogP contribution in [0.25, 0.3) is 0 Å². The van der Waals surface area contributed by atoms with Gasteiger partial charge in [-0.3, -0.25) is 14.4 Å². The highest BCUT2D eigenvalue weighted by atomic mass is 79.9. The van der Waals surface area contributed by atoms with Crippen molar-refractivity contribution in [2.45, 2.75) is 72.6 Å². The highest BCUT2D eigenvalue weighted by Crippen LogP contribution is 2.55.